The maximum Gasteiger partial charge on any atom is 0.321 e. The summed E-state index contributed by atoms with van der Waals surface area (Å²) in [5.74, 6) is 0.0540. The Bertz CT molecular complexity index is 634. The predicted octanol–water partition coefficient (Wildman–Crippen LogP) is 3.13. The summed E-state index contributed by atoms with van der Waals surface area (Å²) in [6.45, 7) is 11.1. The summed E-state index contributed by atoms with van der Waals surface area (Å²) in [6.07, 6.45) is 0.925. The second kappa shape index (κ2) is 9.37. The fourth-order valence-electron chi connectivity index (χ4n) is 3.03. The lowest BCUT2D eigenvalue weighted by molar-refractivity contribution is -0.123. The minimum Gasteiger partial charge on any atom is -0.353 e. The van der Waals surface area contributed by atoms with Crippen molar-refractivity contribution in [2.45, 2.75) is 40.2 Å². The van der Waals surface area contributed by atoms with E-state index in [1.807, 2.05) is 37.8 Å². The van der Waals surface area contributed by atoms with Gasteiger partial charge in [-0.15, -0.1) is 0 Å². The average molecular weight is 425 g/mol. The molecule has 7 heteroatoms. The molecule has 0 spiro atoms. The Labute approximate surface area is 164 Å². The maximum absolute atomic E-state index is 12.6. The molecule has 1 aromatic rings. The number of hydrogen-bond donors (Lipinski definition) is 2. The highest BCUT2D eigenvalue weighted by atomic mass is 79.9. The van der Waals surface area contributed by atoms with E-state index in [0.717, 1.165) is 27.7 Å². The molecule has 0 aliphatic carbocycles. The zero-order valence-electron chi connectivity index (χ0n) is 16.1. The highest BCUT2D eigenvalue weighted by Crippen LogP contribution is 2.25. The minimum absolute atomic E-state index is 0.0540. The number of hydrogen-bond acceptors (Lipinski definition) is 3. The van der Waals surface area contributed by atoms with Crippen LogP contribution in [0.4, 0.5) is 10.5 Å². The lowest BCUT2D eigenvalue weighted by Crippen LogP contribution is -2.52. The van der Waals surface area contributed by atoms with Crippen molar-refractivity contribution in [3.8, 4) is 0 Å². The molecule has 1 atom stereocenters. The molecule has 2 rings (SSSR count). The number of amides is 3. The predicted molar refractivity (Wildman–Crippen MR) is 109 cm³/mol. The topological polar surface area (TPSA) is 64.7 Å². The van der Waals surface area contributed by atoms with E-state index in [1.165, 1.54) is 0 Å². The monoisotopic (exact) mass is 424 g/mol. The maximum atomic E-state index is 12.6. The van der Waals surface area contributed by atoms with Crippen LogP contribution in [0.25, 0.3) is 0 Å². The lowest BCUT2D eigenvalue weighted by atomic mass is 10.1. The van der Waals surface area contributed by atoms with Crippen LogP contribution in [0.5, 0.6) is 0 Å². The van der Waals surface area contributed by atoms with Gasteiger partial charge in [-0.05, 0) is 50.5 Å². The van der Waals surface area contributed by atoms with Gasteiger partial charge in [-0.3, -0.25) is 9.69 Å². The van der Waals surface area contributed by atoms with E-state index >= 15 is 0 Å². The third-order valence-electron chi connectivity index (χ3n) is 4.78. The molecule has 0 aromatic heterocycles. The van der Waals surface area contributed by atoms with E-state index in [4.69, 9.17) is 0 Å². The fourth-order valence-corrected chi connectivity index (χ4v) is 3.72. The van der Waals surface area contributed by atoms with Crippen molar-refractivity contribution in [2.75, 3.05) is 38.0 Å². The Balaban J connectivity index is 1.84. The molecule has 6 nitrogen and oxygen atoms in total. The van der Waals surface area contributed by atoms with Crippen LogP contribution >= 0.6 is 15.9 Å². The van der Waals surface area contributed by atoms with Gasteiger partial charge in [0.1, 0.15) is 0 Å². The molecule has 1 fully saturated rings. The minimum atomic E-state index is -0.0813. The number of anilines is 1. The number of carbonyl (C=O) groups is 2. The summed E-state index contributed by atoms with van der Waals surface area (Å²) in [7, 11) is 0. The van der Waals surface area contributed by atoms with E-state index in [9.17, 15) is 9.59 Å². The Kier molecular flexibility index (Phi) is 7.46. The van der Waals surface area contributed by atoms with Crippen molar-refractivity contribution in [3.63, 3.8) is 0 Å². The van der Waals surface area contributed by atoms with Crippen LogP contribution < -0.4 is 10.6 Å². The number of piperazine rings is 1. The van der Waals surface area contributed by atoms with Gasteiger partial charge < -0.3 is 15.5 Å². The number of halogens is 1. The molecule has 1 aliphatic rings. The van der Waals surface area contributed by atoms with E-state index < -0.39 is 0 Å². The molecule has 0 bridgehead atoms. The highest BCUT2D eigenvalue weighted by molar-refractivity contribution is 9.10. The second-order valence-electron chi connectivity index (χ2n) is 6.98. The molecule has 1 saturated heterocycles. The fraction of sp³-hybridized carbons (Fsp3) is 0.579. The van der Waals surface area contributed by atoms with Crippen molar-refractivity contribution in [3.05, 3.63) is 27.7 Å². The number of benzene rings is 1. The van der Waals surface area contributed by atoms with Crippen LogP contribution in [-0.4, -0.2) is 60.5 Å². The van der Waals surface area contributed by atoms with Crippen molar-refractivity contribution < 1.29 is 9.59 Å². The number of aryl methyl sites for hydroxylation is 2. The second-order valence-corrected chi connectivity index (χ2v) is 7.90. The van der Waals surface area contributed by atoms with E-state index in [-0.39, 0.29) is 18.0 Å². The van der Waals surface area contributed by atoms with Gasteiger partial charge in [-0.2, -0.15) is 0 Å². The quantitative estimate of drug-likeness (QED) is 0.762. The van der Waals surface area contributed by atoms with Gasteiger partial charge in [-0.1, -0.05) is 22.9 Å². The van der Waals surface area contributed by atoms with Gasteiger partial charge in [0.2, 0.25) is 5.91 Å². The Morgan fingerprint density at radius 2 is 1.73 bits per heavy atom. The number of nitrogens with one attached hydrogen (secondary N) is 2. The molecule has 1 unspecified atom stereocenters. The first kappa shape index (κ1) is 20.7. The summed E-state index contributed by atoms with van der Waals surface area (Å²) >= 11 is 3.47. The molecule has 3 amide bonds. The average Bonchev–Trinajstić information content (AvgIpc) is 2.58. The standard InChI is InChI=1S/C19H29BrN4O2/c1-5-15(4)21-17(25)12-23-6-8-24(9-7-23)19(26)22-18-13(2)10-16(20)11-14(18)3/h10-11,15H,5-9,12H2,1-4H3,(H,21,25)(H,22,26). The lowest BCUT2D eigenvalue weighted by Gasteiger charge is -2.34. The summed E-state index contributed by atoms with van der Waals surface area (Å²) in [4.78, 5) is 28.5. The molecule has 26 heavy (non-hydrogen) atoms. The smallest absolute Gasteiger partial charge is 0.321 e. The number of carbonyl (C=O) groups excluding carboxylic acids is 2. The first-order chi connectivity index (χ1) is 12.3. The zero-order chi connectivity index (χ0) is 19.3. The molecular weight excluding hydrogens is 396 g/mol. The van der Waals surface area contributed by atoms with Crippen molar-refractivity contribution in [1.29, 1.82) is 0 Å². The van der Waals surface area contributed by atoms with Crippen molar-refractivity contribution >= 4 is 33.6 Å². The normalized spacial score (nSPS) is 16.3. The molecule has 0 radical (unpaired) electrons. The van der Waals surface area contributed by atoms with Crippen LogP contribution in [0.3, 0.4) is 0 Å². The van der Waals surface area contributed by atoms with Crippen LogP contribution in [0.1, 0.15) is 31.4 Å². The summed E-state index contributed by atoms with van der Waals surface area (Å²) < 4.78 is 1.01. The number of rotatable bonds is 5. The van der Waals surface area contributed by atoms with E-state index in [1.54, 1.807) is 0 Å². The largest absolute Gasteiger partial charge is 0.353 e. The van der Waals surface area contributed by atoms with E-state index in [2.05, 4.69) is 38.4 Å². The number of nitrogens with zero attached hydrogens (tertiary/aromatic N) is 2. The van der Waals surface area contributed by atoms with Gasteiger partial charge >= 0.3 is 6.03 Å². The molecule has 2 N–H and O–H groups in total. The third kappa shape index (κ3) is 5.71. The van der Waals surface area contributed by atoms with Crippen LogP contribution in [0.2, 0.25) is 0 Å². The molecule has 0 saturated carbocycles. The Morgan fingerprint density at radius 3 is 2.27 bits per heavy atom. The SMILES string of the molecule is CCC(C)NC(=O)CN1CCN(C(=O)Nc2c(C)cc(Br)cc2C)CC1. The van der Waals surface area contributed by atoms with E-state index in [0.29, 0.717) is 32.7 Å². The van der Waals surface area contributed by atoms with Gasteiger partial charge in [-0.25, -0.2) is 4.79 Å². The first-order valence-corrected chi connectivity index (χ1v) is 9.93. The van der Waals surface area contributed by atoms with Crippen LogP contribution in [-0.2, 0) is 4.79 Å². The highest BCUT2D eigenvalue weighted by Gasteiger charge is 2.23. The Morgan fingerprint density at radius 1 is 1.15 bits per heavy atom. The molecular formula is C19H29BrN4O2. The van der Waals surface area contributed by atoms with Gasteiger partial charge in [0.15, 0.2) is 0 Å². The molecule has 144 valence electrons. The zero-order valence-corrected chi connectivity index (χ0v) is 17.6. The third-order valence-corrected chi connectivity index (χ3v) is 5.23. The summed E-state index contributed by atoms with van der Waals surface area (Å²) in [6, 6.07) is 4.11. The number of urea groups is 1. The van der Waals surface area contributed by atoms with Gasteiger partial charge in [0.25, 0.3) is 0 Å². The van der Waals surface area contributed by atoms with Crippen LogP contribution in [0, 0.1) is 13.8 Å². The van der Waals surface area contributed by atoms with Gasteiger partial charge in [0.05, 0.1) is 6.54 Å². The van der Waals surface area contributed by atoms with Gasteiger partial charge in [0, 0.05) is 42.4 Å². The molecule has 1 heterocycles. The van der Waals surface area contributed by atoms with Crippen molar-refractivity contribution in [1.82, 2.24) is 15.1 Å². The summed E-state index contributed by atoms with van der Waals surface area (Å²) in [5.41, 5.74) is 2.93. The molecule has 1 aromatic carbocycles. The van der Waals surface area contributed by atoms with Crippen LogP contribution in [0.15, 0.2) is 16.6 Å². The molecule has 1 aliphatic heterocycles. The first-order valence-electron chi connectivity index (χ1n) is 9.14. The summed E-state index contributed by atoms with van der Waals surface area (Å²) in [5, 5.41) is 6.02. The Hall–Kier alpha value is -1.60. The van der Waals surface area contributed by atoms with Crippen molar-refractivity contribution in [2.24, 2.45) is 0 Å².